The molecule has 0 aliphatic heterocycles. The van der Waals surface area contributed by atoms with Crippen molar-refractivity contribution >= 4 is 0 Å². The van der Waals surface area contributed by atoms with Crippen molar-refractivity contribution in [1.82, 2.24) is 0 Å². The molecule has 0 atom stereocenters. The van der Waals surface area contributed by atoms with Crippen molar-refractivity contribution in [2.45, 2.75) is 65.2 Å². The molecule has 2 rings (SSSR count). The van der Waals surface area contributed by atoms with E-state index in [1.165, 1.54) is 51.4 Å². The highest BCUT2D eigenvalue weighted by Crippen LogP contribution is 2.46. The van der Waals surface area contributed by atoms with Gasteiger partial charge in [-0.1, -0.05) is 39.5 Å². The molecule has 2 aliphatic rings. The summed E-state index contributed by atoms with van der Waals surface area (Å²) in [5.74, 6) is 4.83. The van der Waals surface area contributed by atoms with Gasteiger partial charge in [0.05, 0.1) is 0 Å². The van der Waals surface area contributed by atoms with Crippen LogP contribution in [0.25, 0.3) is 0 Å². The van der Waals surface area contributed by atoms with Crippen molar-refractivity contribution in [2.75, 3.05) is 0 Å². The van der Waals surface area contributed by atoms with Crippen molar-refractivity contribution in [3.63, 3.8) is 0 Å². The molecule has 0 unspecified atom stereocenters. The van der Waals surface area contributed by atoms with E-state index in [0.717, 1.165) is 17.8 Å². The van der Waals surface area contributed by atoms with Crippen molar-refractivity contribution < 1.29 is 0 Å². The monoisotopic (exact) mass is 193 g/mol. The highest BCUT2D eigenvalue weighted by molar-refractivity contribution is 5.06. The maximum Gasteiger partial charge on any atom is -0.0154 e. The van der Waals surface area contributed by atoms with Crippen LogP contribution in [0.15, 0.2) is 0 Å². The Morgan fingerprint density at radius 3 is 1.43 bits per heavy atom. The summed E-state index contributed by atoms with van der Waals surface area (Å²) in [4.78, 5) is 0. The zero-order valence-corrected chi connectivity index (χ0v) is 9.89. The van der Waals surface area contributed by atoms with Gasteiger partial charge >= 0.3 is 0 Å². The number of rotatable bonds is 3. The van der Waals surface area contributed by atoms with Crippen LogP contribution in [0, 0.1) is 23.7 Å². The van der Waals surface area contributed by atoms with Gasteiger partial charge in [-0.05, 0) is 49.4 Å². The second-order valence-electron chi connectivity index (χ2n) is 5.62. The molecule has 2 fully saturated rings. The Kier molecular flexibility index (Phi) is 3.52. The van der Waals surface area contributed by atoms with Gasteiger partial charge in [-0.25, -0.2) is 0 Å². The molecule has 0 heteroatoms. The molecule has 14 heavy (non-hydrogen) atoms. The molecule has 0 aromatic heterocycles. The van der Waals surface area contributed by atoms with E-state index in [-0.39, 0.29) is 0 Å². The fourth-order valence-corrected chi connectivity index (χ4v) is 3.79. The lowest BCUT2D eigenvalue weighted by atomic mass is 9.73. The summed E-state index contributed by atoms with van der Waals surface area (Å²) in [5.41, 5.74) is 0. The third-order valence-corrected chi connectivity index (χ3v) is 4.32. The summed E-state index contributed by atoms with van der Waals surface area (Å²) in [7, 11) is 0. The van der Waals surface area contributed by atoms with Gasteiger partial charge in [-0.2, -0.15) is 0 Å². The van der Waals surface area contributed by atoms with Crippen LogP contribution in [0.2, 0.25) is 0 Å². The van der Waals surface area contributed by atoms with Gasteiger partial charge in [0.2, 0.25) is 0 Å². The highest BCUT2D eigenvalue weighted by Gasteiger charge is 2.35. The van der Waals surface area contributed by atoms with E-state index in [1.54, 1.807) is 0 Å². The Morgan fingerprint density at radius 1 is 0.786 bits per heavy atom. The maximum atomic E-state index is 2.42. The third-order valence-electron chi connectivity index (χ3n) is 4.32. The zero-order chi connectivity index (χ0) is 9.97. The topological polar surface area (TPSA) is 0 Å². The Hall–Kier alpha value is 0. The minimum absolute atomic E-state index is 0.848. The van der Waals surface area contributed by atoms with Crippen LogP contribution in [0.1, 0.15) is 65.2 Å². The third kappa shape index (κ3) is 2.15. The second kappa shape index (κ2) is 4.68. The average molecular weight is 193 g/mol. The number of hydrogen-bond donors (Lipinski definition) is 0. The SMILES string of the molecule is CC(C)[C](C1CCCC1)C1CCCC1. The van der Waals surface area contributed by atoms with Crippen LogP contribution in [-0.4, -0.2) is 0 Å². The molecule has 0 bridgehead atoms. The van der Waals surface area contributed by atoms with Gasteiger partial charge in [-0.3, -0.25) is 0 Å². The largest absolute Gasteiger partial charge is 0.0622 e. The first-order chi connectivity index (χ1) is 6.79. The van der Waals surface area contributed by atoms with Crippen molar-refractivity contribution in [1.29, 1.82) is 0 Å². The quantitative estimate of drug-likeness (QED) is 0.614. The molecular formula is C14H25. The van der Waals surface area contributed by atoms with Gasteiger partial charge < -0.3 is 0 Å². The van der Waals surface area contributed by atoms with E-state index in [1.807, 2.05) is 5.92 Å². The molecule has 0 aromatic carbocycles. The Bertz CT molecular complexity index is 143. The standard InChI is InChI=1S/C14H25/c1-11(2)14(12-7-3-4-8-12)13-9-5-6-10-13/h11-13H,3-10H2,1-2H3. The summed E-state index contributed by atoms with van der Waals surface area (Å²) < 4.78 is 0. The predicted molar refractivity (Wildman–Crippen MR) is 62.0 cm³/mol. The van der Waals surface area contributed by atoms with Gasteiger partial charge in [0.15, 0.2) is 0 Å². The lowest BCUT2D eigenvalue weighted by Gasteiger charge is -2.32. The first-order valence-corrected chi connectivity index (χ1v) is 6.65. The zero-order valence-electron chi connectivity index (χ0n) is 9.89. The van der Waals surface area contributed by atoms with Crippen molar-refractivity contribution in [3.8, 4) is 0 Å². The van der Waals surface area contributed by atoms with Crippen LogP contribution >= 0.6 is 0 Å². The van der Waals surface area contributed by atoms with Gasteiger partial charge in [0, 0.05) is 0 Å². The van der Waals surface area contributed by atoms with Crippen molar-refractivity contribution in [2.24, 2.45) is 17.8 Å². The van der Waals surface area contributed by atoms with Gasteiger partial charge in [-0.15, -0.1) is 0 Å². The molecule has 0 heterocycles. The van der Waals surface area contributed by atoms with E-state index in [2.05, 4.69) is 13.8 Å². The molecule has 1 radical (unpaired) electrons. The molecule has 0 aromatic rings. The van der Waals surface area contributed by atoms with Crippen LogP contribution in [0.5, 0.6) is 0 Å². The molecule has 2 aliphatic carbocycles. The van der Waals surface area contributed by atoms with Gasteiger partial charge in [0.25, 0.3) is 0 Å². The Labute approximate surface area is 89.5 Å². The molecular weight excluding hydrogens is 168 g/mol. The maximum absolute atomic E-state index is 2.42. The Balaban J connectivity index is 1.98. The molecule has 0 N–H and O–H groups in total. The fraction of sp³-hybridized carbons (Fsp3) is 0.929. The molecule has 0 nitrogen and oxygen atoms in total. The summed E-state index contributed by atoms with van der Waals surface area (Å²) in [6.45, 7) is 4.85. The van der Waals surface area contributed by atoms with Crippen LogP contribution in [0.3, 0.4) is 0 Å². The molecule has 0 spiro atoms. The smallest absolute Gasteiger partial charge is 0.0154 e. The van der Waals surface area contributed by atoms with Crippen LogP contribution in [0.4, 0.5) is 0 Å². The second-order valence-corrected chi connectivity index (χ2v) is 5.62. The van der Waals surface area contributed by atoms with Crippen LogP contribution < -0.4 is 0 Å². The van der Waals surface area contributed by atoms with E-state index in [9.17, 15) is 0 Å². The summed E-state index contributed by atoms with van der Waals surface area (Å²) in [5, 5.41) is 0. The van der Waals surface area contributed by atoms with Gasteiger partial charge in [0.1, 0.15) is 0 Å². The predicted octanol–water partition coefficient (Wildman–Crippen LogP) is 4.60. The lowest BCUT2D eigenvalue weighted by Crippen LogP contribution is -2.23. The molecule has 0 saturated heterocycles. The van der Waals surface area contributed by atoms with E-state index < -0.39 is 0 Å². The molecule has 81 valence electrons. The molecule has 0 amide bonds. The first kappa shape index (κ1) is 10.5. The van der Waals surface area contributed by atoms with E-state index >= 15 is 0 Å². The fourth-order valence-electron chi connectivity index (χ4n) is 3.79. The summed E-state index contributed by atoms with van der Waals surface area (Å²) in [6.07, 6.45) is 12.0. The molecule has 2 saturated carbocycles. The lowest BCUT2D eigenvalue weighted by molar-refractivity contribution is 0.354. The van der Waals surface area contributed by atoms with Crippen molar-refractivity contribution in [3.05, 3.63) is 5.92 Å². The Morgan fingerprint density at radius 2 is 1.14 bits per heavy atom. The summed E-state index contributed by atoms with van der Waals surface area (Å²) in [6, 6.07) is 0. The summed E-state index contributed by atoms with van der Waals surface area (Å²) >= 11 is 0. The first-order valence-electron chi connectivity index (χ1n) is 6.65. The highest BCUT2D eigenvalue weighted by atomic mass is 14.4. The van der Waals surface area contributed by atoms with E-state index in [0.29, 0.717) is 0 Å². The number of hydrogen-bond acceptors (Lipinski definition) is 0. The van der Waals surface area contributed by atoms with E-state index in [4.69, 9.17) is 0 Å². The average Bonchev–Trinajstić information content (AvgIpc) is 2.75. The minimum Gasteiger partial charge on any atom is -0.0622 e. The van der Waals surface area contributed by atoms with Crippen LogP contribution in [-0.2, 0) is 0 Å². The minimum atomic E-state index is 0.848. The normalized spacial score (nSPS) is 25.7.